The van der Waals surface area contributed by atoms with Gasteiger partial charge >= 0.3 is 0 Å². The van der Waals surface area contributed by atoms with Crippen molar-refractivity contribution in [3.8, 4) is 0 Å². The van der Waals surface area contributed by atoms with Gasteiger partial charge in [-0.05, 0) is 43.8 Å². The molecule has 2 heterocycles. The molecular formula is C14H20N2S2. The van der Waals surface area contributed by atoms with Gasteiger partial charge in [0.15, 0.2) is 0 Å². The predicted molar refractivity (Wildman–Crippen MR) is 80.6 cm³/mol. The maximum absolute atomic E-state index is 4.57. The third-order valence-electron chi connectivity index (χ3n) is 2.87. The minimum atomic E-state index is 0.399. The molecular weight excluding hydrogens is 260 g/mol. The van der Waals surface area contributed by atoms with Crippen LogP contribution in [-0.4, -0.2) is 11.5 Å². The fraction of sp³-hybridized carbons (Fsp3) is 0.500. The molecule has 1 atom stereocenters. The van der Waals surface area contributed by atoms with Crippen molar-refractivity contribution >= 4 is 22.7 Å². The zero-order valence-corrected chi connectivity index (χ0v) is 12.8. The molecule has 2 aromatic heterocycles. The van der Waals surface area contributed by atoms with Crippen LogP contribution in [0.25, 0.3) is 0 Å². The Kier molecular flexibility index (Phi) is 4.92. The number of aromatic nitrogens is 1. The first-order valence-corrected chi connectivity index (χ1v) is 8.14. The molecule has 0 fully saturated rings. The van der Waals surface area contributed by atoms with Crippen molar-refractivity contribution in [2.45, 2.75) is 39.7 Å². The molecule has 0 spiro atoms. The highest BCUT2D eigenvalue weighted by Crippen LogP contribution is 2.24. The molecule has 0 aliphatic rings. The largest absolute Gasteiger partial charge is 0.310 e. The van der Waals surface area contributed by atoms with Gasteiger partial charge in [-0.1, -0.05) is 6.92 Å². The van der Waals surface area contributed by atoms with Gasteiger partial charge in [-0.2, -0.15) is 0 Å². The molecule has 0 aliphatic carbocycles. The number of rotatable bonds is 6. The third kappa shape index (κ3) is 3.64. The van der Waals surface area contributed by atoms with Crippen molar-refractivity contribution in [1.82, 2.24) is 10.3 Å². The summed E-state index contributed by atoms with van der Waals surface area (Å²) in [6.07, 6.45) is 2.15. The Labute approximate surface area is 117 Å². The van der Waals surface area contributed by atoms with Gasteiger partial charge in [-0.25, -0.2) is 4.98 Å². The van der Waals surface area contributed by atoms with E-state index in [9.17, 15) is 0 Å². The molecule has 1 unspecified atom stereocenters. The van der Waals surface area contributed by atoms with Crippen LogP contribution in [0.1, 0.15) is 40.5 Å². The van der Waals surface area contributed by atoms with Gasteiger partial charge in [0.1, 0.15) is 0 Å². The van der Waals surface area contributed by atoms with Crippen LogP contribution < -0.4 is 5.32 Å². The molecule has 4 heteroatoms. The van der Waals surface area contributed by atoms with Crippen molar-refractivity contribution in [3.63, 3.8) is 0 Å². The molecule has 0 saturated carbocycles. The lowest BCUT2D eigenvalue weighted by Gasteiger charge is -2.16. The van der Waals surface area contributed by atoms with E-state index in [4.69, 9.17) is 0 Å². The van der Waals surface area contributed by atoms with Gasteiger partial charge in [-0.3, -0.25) is 0 Å². The number of nitrogens with zero attached hydrogens (tertiary/aromatic N) is 1. The summed E-state index contributed by atoms with van der Waals surface area (Å²) in [5.74, 6) is 0. The fourth-order valence-corrected chi connectivity index (χ4v) is 3.37. The summed E-state index contributed by atoms with van der Waals surface area (Å²) in [5.41, 5.74) is 2.60. The number of thiophene rings is 1. The molecule has 2 nitrogen and oxygen atoms in total. The second-order valence-electron chi connectivity index (χ2n) is 4.56. The summed E-state index contributed by atoms with van der Waals surface area (Å²) in [7, 11) is 0. The molecule has 0 aromatic carbocycles. The normalized spacial score (nSPS) is 12.8. The van der Waals surface area contributed by atoms with E-state index in [1.54, 1.807) is 11.3 Å². The van der Waals surface area contributed by atoms with E-state index < -0.39 is 0 Å². The topological polar surface area (TPSA) is 24.9 Å². The maximum Gasteiger partial charge on any atom is 0.0897 e. The van der Waals surface area contributed by atoms with Crippen LogP contribution in [0.3, 0.4) is 0 Å². The van der Waals surface area contributed by atoms with E-state index in [2.05, 4.69) is 47.9 Å². The Morgan fingerprint density at radius 2 is 2.11 bits per heavy atom. The average molecular weight is 280 g/mol. The number of nitrogens with one attached hydrogen (secondary N) is 1. The van der Waals surface area contributed by atoms with E-state index in [1.165, 1.54) is 16.1 Å². The first-order chi connectivity index (χ1) is 8.69. The van der Waals surface area contributed by atoms with E-state index in [-0.39, 0.29) is 0 Å². The van der Waals surface area contributed by atoms with Crippen molar-refractivity contribution < 1.29 is 0 Å². The molecule has 98 valence electrons. The van der Waals surface area contributed by atoms with Crippen LogP contribution in [0.15, 0.2) is 16.8 Å². The number of aryl methyl sites for hydroxylation is 2. The van der Waals surface area contributed by atoms with E-state index >= 15 is 0 Å². The van der Waals surface area contributed by atoms with Gasteiger partial charge < -0.3 is 5.32 Å². The van der Waals surface area contributed by atoms with Gasteiger partial charge in [0.05, 0.1) is 10.7 Å². The van der Waals surface area contributed by atoms with E-state index in [0.717, 1.165) is 24.4 Å². The Morgan fingerprint density at radius 3 is 2.67 bits per heavy atom. The maximum atomic E-state index is 4.57. The zero-order chi connectivity index (χ0) is 13.0. The Balaban J connectivity index is 2.09. The highest BCUT2D eigenvalue weighted by molar-refractivity contribution is 7.10. The molecule has 1 N–H and O–H groups in total. The molecule has 0 amide bonds. The van der Waals surface area contributed by atoms with Crippen molar-refractivity contribution in [2.75, 3.05) is 6.54 Å². The zero-order valence-electron chi connectivity index (χ0n) is 11.2. The molecule has 0 aliphatic heterocycles. The van der Waals surface area contributed by atoms with Crippen LogP contribution in [0.4, 0.5) is 0 Å². The number of hydrogen-bond acceptors (Lipinski definition) is 4. The summed E-state index contributed by atoms with van der Waals surface area (Å²) in [6, 6.07) is 2.69. The second-order valence-corrected chi connectivity index (χ2v) is 6.74. The average Bonchev–Trinajstić information content (AvgIpc) is 2.93. The minimum absolute atomic E-state index is 0.399. The van der Waals surface area contributed by atoms with Gasteiger partial charge in [0, 0.05) is 22.7 Å². The standard InChI is InChI=1S/C14H20N2S2/c1-4-5-15-14(12-6-10(2)17-8-12)7-13-9-18-11(3)16-13/h6,8-9,14-15H,4-5,7H2,1-3H3. The quantitative estimate of drug-likeness (QED) is 0.861. The molecule has 0 radical (unpaired) electrons. The van der Waals surface area contributed by atoms with Gasteiger partial charge in [0.25, 0.3) is 0 Å². The van der Waals surface area contributed by atoms with E-state index in [1.807, 2.05) is 11.3 Å². The molecule has 2 rings (SSSR count). The van der Waals surface area contributed by atoms with Crippen molar-refractivity contribution in [2.24, 2.45) is 0 Å². The van der Waals surface area contributed by atoms with Crippen LogP contribution in [-0.2, 0) is 6.42 Å². The van der Waals surface area contributed by atoms with Crippen molar-refractivity contribution in [1.29, 1.82) is 0 Å². The Hall–Kier alpha value is -0.710. The van der Waals surface area contributed by atoms with Crippen molar-refractivity contribution in [3.05, 3.63) is 38.0 Å². The Bertz CT molecular complexity index is 487. The molecule has 0 saturated heterocycles. The summed E-state index contributed by atoms with van der Waals surface area (Å²) in [5, 5.41) is 9.22. The lowest BCUT2D eigenvalue weighted by Crippen LogP contribution is -2.23. The number of thiazole rings is 1. The van der Waals surface area contributed by atoms with Gasteiger partial charge in [0.2, 0.25) is 0 Å². The SMILES string of the molecule is CCCNC(Cc1csc(C)n1)c1csc(C)c1. The number of hydrogen-bond donors (Lipinski definition) is 1. The lowest BCUT2D eigenvalue weighted by atomic mass is 10.1. The van der Waals surface area contributed by atoms with Crippen LogP contribution in [0.5, 0.6) is 0 Å². The molecule has 18 heavy (non-hydrogen) atoms. The third-order valence-corrected chi connectivity index (χ3v) is 4.58. The summed E-state index contributed by atoms with van der Waals surface area (Å²) in [6.45, 7) is 7.49. The minimum Gasteiger partial charge on any atom is -0.310 e. The first-order valence-electron chi connectivity index (χ1n) is 6.38. The van der Waals surface area contributed by atoms with E-state index in [0.29, 0.717) is 6.04 Å². The summed E-state index contributed by atoms with van der Waals surface area (Å²) in [4.78, 5) is 5.95. The monoisotopic (exact) mass is 280 g/mol. The van der Waals surface area contributed by atoms with Crippen LogP contribution >= 0.6 is 22.7 Å². The second kappa shape index (κ2) is 6.45. The lowest BCUT2D eigenvalue weighted by molar-refractivity contribution is 0.526. The van der Waals surface area contributed by atoms with Crippen LogP contribution in [0, 0.1) is 13.8 Å². The molecule has 2 aromatic rings. The summed E-state index contributed by atoms with van der Waals surface area (Å²) < 4.78 is 0. The van der Waals surface area contributed by atoms with Gasteiger partial charge in [-0.15, -0.1) is 22.7 Å². The first kappa shape index (κ1) is 13.7. The fourth-order valence-electron chi connectivity index (χ4n) is 1.98. The highest BCUT2D eigenvalue weighted by Gasteiger charge is 2.14. The smallest absolute Gasteiger partial charge is 0.0897 e. The highest BCUT2D eigenvalue weighted by atomic mass is 32.1. The summed E-state index contributed by atoms with van der Waals surface area (Å²) >= 11 is 3.56. The van der Waals surface area contributed by atoms with Crippen LogP contribution in [0.2, 0.25) is 0 Å². The molecule has 0 bridgehead atoms. The Morgan fingerprint density at radius 1 is 1.28 bits per heavy atom. The predicted octanol–water partition coefficient (Wildman–Crippen LogP) is 4.10.